The maximum absolute atomic E-state index is 13.0. The molecule has 0 radical (unpaired) electrons. The maximum Gasteiger partial charge on any atom is 0.230 e. The van der Waals surface area contributed by atoms with Crippen molar-refractivity contribution in [1.29, 1.82) is 0 Å². The molecular weight excluding hydrogens is 353 g/mol. The number of ether oxygens (including phenoxy) is 1. The van der Waals surface area contributed by atoms with E-state index in [-0.39, 0.29) is 11.7 Å². The molecule has 0 aliphatic carbocycles. The molecule has 0 saturated carbocycles. The topological polar surface area (TPSA) is 51.5 Å². The number of carbonyl (C=O) groups is 1. The van der Waals surface area contributed by atoms with E-state index in [0.717, 1.165) is 16.2 Å². The lowest BCUT2D eigenvalue weighted by molar-refractivity contribution is -0.118. The SMILES string of the molecule is COc1ccc(SCC(=O)NCc2ccc(-c3ccc(F)cc3)o2)cc1. The lowest BCUT2D eigenvalue weighted by atomic mass is 10.2. The Bertz CT molecular complexity index is 860. The number of thioether (sulfide) groups is 1. The van der Waals surface area contributed by atoms with Gasteiger partial charge in [-0.1, -0.05) is 0 Å². The van der Waals surface area contributed by atoms with Crippen molar-refractivity contribution in [2.24, 2.45) is 0 Å². The third-order valence-electron chi connectivity index (χ3n) is 3.68. The summed E-state index contributed by atoms with van der Waals surface area (Å²) in [4.78, 5) is 13.0. The van der Waals surface area contributed by atoms with E-state index in [4.69, 9.17) is 9.15 Å². The first kappa shape index (κ1) is 18.1. The summed E-state index contributed by atoms with van der Waals surface area (Å²) in [6.45, 7) is 0.309. The molecule has 1 aromatic heterocycles. The van der Waals surface area contributed by atoms with Gasteiger partial charge in [-0.05, 0) is 60.7 Å². The monoisotopic (exact) mass is 371 g/mol. The molecule has 2 aromatic carbocycles. The molecule has 0 fully saturated rings. The summed E-state index contributed by atoms with van der Waals surface area (Å²) >= 11 is 1.45. The van der Waals surface area contributed by atoms with E-state index in [1.165, 1.54) is 23.9 Å². The maximum atomic E-state index is 13.0. The zero-order valence-corrected chi connectivity index (χ0v) is 15.0. The van der Waals surface area contributed by atoms with Gasteiger partial charge in [0.05, 0.1) is 19.4 Å². The van der Waals surface area contributed by atoms with Gasteiger partial charge in [0.25, 0.3) is 0 Å². The largest absolute Gasteiger partial charge is 0.497 e. The fourth-order valence-corrected chi connectivity index (χ4v) is 3.03. The average molecular weight is 371 g/mol. The summed E-state index contributed by atoms with van der Waals surface area (Å²) in [7, 11) is 1.62. The van der Waals surface area contributed by atoms with Gasteiger partial charge in [-0.3, -0.25) is 4.79 Å². The van der Waals surface area contributed by atoms with Crippen LogP contribution in [0.15, 0.2) is 70.0 Å². The van der Waals surface area contributed by atoms with Crippen molar-refractivity contribution in [2.75, 3.05) is 12.9 Å². The molecule has 1 N–H and O–H groups in total. The zero-order chi connectivity index (χ0) is 18.4. The van der Waals surface area contributed by atoms with Crippen LogP contribution in [0.4, 0.5) is 4.39 Å². The second kappa shape index (κ2) is 8.58. The van der Waals surface area contributed by atoms with E-state index >= 15 is 0 Å². The summed E-state index contributed by atoms with van der Waals surface area (Å²) in [5.74, 6) is 2.02. The molecule has 134 valence electrons. The number of methoxy groups -OCH3 is 1. The van der Waals surface area contributed by atoms with E-state index in [9.17, 15) is 9.18 Å². The van der Waals surface area contributed by atoms with Gasteiger partial charge in [-0.25, -0.2) is 4.39 Å². The Morgan fingerprint density at radius 2 is 1.81 bits per heavy atom. The van der Waals surface area contributed by atoms with Crippen molar-refractivity contribution >= 4 is 17.7 Å². The first-order chi connectivity index (χ1) is 12.6. The highest BCUT2D eigenvalue weighted by Gasteiger charge is 2.08. The van der Waals surface area contributed by atoms with Gasteiger partial charge in [-0.15, -0.1) is 11.8 Å². The number of halogens is 1. The predicted molar refractivity (Wildman–Crippen MR) is 99.7 cm³/mol. The first-order valence-electron chi connectivity index (χ1n) is 8.02. The zero-order valence-electron chi connectivity index (χ0n) is 14.2. The second-order valence-corrected chi connectivity index (χ2v) is 6.56. The molecule has 3 rings (SSSR count). The first-order valence-corrected chi connectivity index (χ1v) is 9.01. The highest BCUT2D eigenvalue weighted by atomic mass is 32.2. The van der Waals surface area contributed by atoms with Crippen molar-refractivity contribution < 1.29 is 18.3 Å². The standard InChI is InChI=1S/C20H18FNO3S/c1-24-16-6-9-18(10-7-16)26-13-20(23)22-12-17-8-11-19(25-17)14-2-4-15(21)5-3-14/h2-11H,12-13H2,1H3,(H,22,23). The molecule has 6 heteroatoms. The highest BCUT2D eigenvalue weighted by Crippen LogP contribution is 2.23. The predicted octanol–water partition coefficient (Wildman–Crippen LogP) is 4.50. The molecule has 26 heavy (non-hydrogen) atoms. The fraction of sp³-hybridized carbons (Fsp3) is 0.150. The van der Waals surface area contributed by atoms with Crippen LogP contribution in [0.3, 0.4) is 0 Å². The molecule has 0 bridgehead atoms. The van der Waals surface area contributed by atoms with E-state index in [0.29, 0.717) is 23.8 Å². The summed E-state index contributed by atoms with van der Waals surface area (Å²) in [5, 5.41) is 2.83. The van der Waals surface area contributed by atoms with Crippen molar-refractivity contribution in [3.8, 4) is 17.1 Å². The number of amides is 1. The molecule has 0 unspecified atom stereocenters. The Hall–Kier alpha value is -2.73. The minimum absolute atomic E-state index is 0.0782. The lowest BCUT2D eigenvalue weighted by Gasteiger charge is -2.05. The number of carbonyl (C=O) groups excluding carboxylic acids is 1. The van der Waals surface area contributed by atoms with Gasteiger partial charge in [0, 0.05) is 10.5 Å². The van der Waals surface area contributed by atoms with E-state index < -0.39 is 0 Å². The van der Waals surface area contributed by atoms with Gasteiger partial charge < -0.3 is 14.5 Å². The van der Waals surface area contributed by atoms with E-state index in [1.54, 1.807) is 31.4 Å². The number of benzene rings is 2. The van der Waals surface area contributed by atoms with Crippen LogP contribution >= 0.6 is 11.8 Å². The van der Waals surface area contributed by atoms with Gasteiger partial charge in [0.15, 0.2) is 0 Å². The normalized spacial score (nSPS) is 10.5. The molecule has 3 aromatic rings. The van der Waals surface area contributed by atoms with Crippen molar-refractivity contribution in [3.05, 3.63) is 72.2 Å². The smallest absolute Gasteiger partial charge is 0.230 e. The van der Waals surface area contributed by atoms with Crippen LogP contribution in [0.5, 0.6) is 5.75 Å². The molecule has 0 atom stereocenters. The van der Waals surface area contributed by atoms with Gasteiger partial charge in [0.2, 0.25) is 5.91 Å². The van der Waals surface area contributed by atoms with Crippen LogP contribution in [0.25, 0.3) is 11.3 Å². The molecule has 0 saturated heterocycles. The quantitative estimate of drug-likeness (QED) is 0.621. The summed E-state index contributed by atoms with van der Waals surface area (Å²) in [5.41, 5.74) is 0.791. The molecule has 4 nitrogen and oxygen atoms in total. The molecule has 0 aliphatic heterocycles. The molecule has 1 heterocycles. The summed E-state index contributed by atoms with van der Waals surface area (Å²) < 4.78 is 23.8. The van der Waals surface area contributed by atoms with E-state index in [1.807, 2.05) is 24.3 Å². The van der Waals surface area contributed by atoms with Crippen molar-refractivity contribution in [1.82, 2.24) is 5.32 Å². The Balaban J connectivity index is 1.47. The van der Waals surface area contributed by atoms with Gasteiger partial charge >= 0.3 is 0 Å². The molecule has 1 amide bonds. The van der Waals surface area contributed by atoms with Crippen molar-refractivity contribution in [2.45, 2.75) is 11.4 Å². The van der Waals surface area contributed by atoms with Crippen LogP contribution < -0.4 is 10.1 Å². The van der Waals surface area contributed by atoms with Crippen LogP contribution in [-0.4, -0.2) is 18.8 Å². The van der Waals surface area contributed by atoms with Gasteiger partial charge in [-0.2, -0.15) is 0 Å². The molecule has 0 aliphatic rings. The summed E-state index contributed by atoms with van der Waals surface area (Å²) in [6.07, 6.45) is 0. The lowest BCUT2D eigenvalue weighted by Crippen LogP contribution is -2.24. The number of hydrogen-bond donors (Lipinski definition) is 1. The second-order valence-electron chi connectivity index (χ2n) is 5.51. The van der Waals surface area contributed by atoms with Crippen LogP contribution in [0.1, 0.15) is 5.76 Å². The Morgan fingerprint density at radius 1 is 1.08 bits per heavy atom. The van der Waals surface area contributed by atoms with Crippen LogP contribution in [0.2, 0.25) is 0 Å². The number of furan rings is 1. The number of hydrogen-bond acceptors (Lipinski definition) is 4. The Labute approximate surface area is 155 Å². The number of rotatable bonds is 7. The number of nitrogens with one attached hydrogen (secondary N) is 1. The summed E-state index contributed by atoms with van der Waals surface area (Å²) in [6, 6.07) is 17.2. The fourth-order valence-electron chi connectivity index (χ4n) is 2.30. The third kappa shape index (κ3) is 4.89. The average Bonchev–Trinajstić information content (AvgIpc) is 3.14. The minimum Gasteiger partial charge on any atom is -0.497 e. The molecule has 0 spiro atoms. The minimum atomic E-state index is -0.290. The van der Waals surface area contributed by atoms with Gasteiger partial charge in [0.1, 0.15) is 23.1 Å². The van der Waals surface area contributed by atoms with E-state index in [2.05, 4.69) is 5.32 Å². The Morgan fingerprint density at radius 3 is 2.50 bits per heavy atom. The Kier molecular flexibility index (Phi) is 5.96. The van der Waals surface area contributed by atoms with Crippen molar-refractivity contribution in [3.63, 3.8) is 0 Å². The molecular formula is C20H18FNO3S. The third-order valence-corrected chi connectivity index (χ3v) is 4.69. The van der Waals surface area contributed by atoms with Crippen LogP contribution in [0, 0.1) is 5.82 Å². The van der Waals surface area contributed by atoms with Crippen LogP contribution in [-0.2, 0) is 11.3 Å². The highest BCUT2D eigenvalue weighted by molar-refractivity contribution is 8.00.